The highest BCUT2D eigenvalue weighted by Gasteiger charge is 2.28. The molecule has 142 valence electrons. The van der Waals surface area contributed by atoms with E-state index in [0.717, 1.165) is 11.3 Å². The second kappa shape index (κ2) is 9.94. The molecule has 3 atom stereocenters. The number of aliphatic hydroxyl groups is 1. The van der Waals surface area contributed by atoms with E-state index in [4.69, 9.17) is 9.47 Å². The summed E-state index contributed by atoms with van der Waals surface area (Å²) < 4.78 is 10.8. The van der Waals surface area contributed by atoms with Crippen molar-refractivity contribution in [2.45, 2.75) is 44.6 Å². The standard InChI is InChI=1S/C19H26N2O5/c1-3-18(23)21-16-9-8-15(26-17(16)12-22)10-19(24)20-11-13-4-6-14(25-2)7-5-13/h4-9,15-17,22H,3,10-12H2,1-2H3,(H,20,24)(H,21,23)/t15-,16-,17-/m0/s1. The maximum atomic E-state index is 12.1. The number of benzene rings is 1. The Morgan fingerprint density at radius 3 is 2.54 bits per heavy atom. The average Bonchev–Trinajstić information content (AvgIpc) is 2.67. The van der Waals surface area contributed by atoms with Gasteiger partial charge in [0.15, 0.2) is 0 Å². The van der Waals surface area contributed by atoms with Gasteiger partial charge in [0.05, 0.1) is 32.3 Å². The highest BCUT2D eigenvalue weighted by atomic mass is 16.5. The molecule has 0 aliphatic carbocycles. The second-order valence-electron chi connectivity index (χ2n) is 6.06. The van der Waals surface area contributed by atoms with Gasteiger partial charge in [-0.3, -0.25) is 9.59 Å². The Balaban J connectivity index is 1.82. The van der Waals surface area contributed by atoms with Gasteiger partial charge in [0.25, 0.3) is 0 Å². The Bertz CT molecular complexity index is 629. The zero-order valence-electron chi connectivity index (χ0n) is 15.1. The quantitative estimate of drug-likeness (QED) is 0.598. The molecule has 2 rings (SSSR count). The maximum absolute atomic E-state index is 12.1. The Morgan fingerprint density at radius 2 is 1.92 bits per heavy atom. The molecular weight excluding hydrogens is 336 g/mol. The van der Waals surface area contributed by atoms with Crippen molar-refractivity contribution in [3.05, 3.63) is 42.0 Å². The third kappa shape index (κ3) is 5.86. The van der Waals surface area contributed by atoms with E-state index in [2.05, 4.69) is 10.6 Å². The van der Waals surface area contributed by atoms with Crippen LogP contribution < -0.4 is 15.4 Å². The topological polar surface area (TPSA) is 96.9 Å². The number of carbonyl (C=O) groups excluding carboxylic acids is 2. The maximum Gasteiger partial charge on any atom is 0.223 e. The summed E-state index contributed by atoms with van der Waals surface area (Å²) in [5.74, 6) is 0.501. The van der Waals surface area contributed by atoms with Crippen LogP contribution in [0.2, 0.25) is 0 Å². The van der Waals surface area contributed by atoms with E-state index >= 15 is 0 Å². The lowest BCUT2D eigenvalue weighted by molar-refractivity contribution is -0.128. The predicted octanol–water partition coefficient (Wildman–Crippen LogP) is 0.912. The Labute approximate surface area is 153 Å². The molecule has 1 aromatic rings. The molecule has 0 fully saturated rings. The molecule has 3 N–H and O–H groups in total. The summed E-state index contributed by atoms with van der Waals surface area (Å²) in [5.41, 5.74) is 0.967. The fourth-order valence-corrected chi connectivity index (χ4v) is 2.62. The molecule has 0 spiro atoms. The van der Waals surface area contributed by atoms with Gasteiger partial charge in [-0.05, 0) is 17.7 Å². The summed E-state index contributed by atoms with van der Waals surface area (Å²) >= 11 is 0. The Morgan fingerprint density at radius 1 is 1.19 bits per heavy atom. The van der Waals surface area contributed by atoms with Crippen LogP contribution in [-0.4, -0.2) is 48.9 Å². The summed E-state index contributed by atoms with van der Waals surface area (Å²) in [6.07, 6.45) is 3.05. The van der Waals surface area contributed by atoms with Crippen LogP contribution >= 0.6 is 0 Å². The summed E-state index contributed by atoms with van der Waals surface area (Å²) in [5, 5.41) is 15.1. The van der Waals surface area contributed by atoms with Crippen LogP contribution in [0, 0.1) is 0 Å². The molecule has 7 nitrogen and oxygen atoms in total. The Hall–Kier alpha value is -2.38. The normalized spacial score (nSPS) is 21.9. The first-order chi connectivity index (χ1) is 12.5. The third-order valence-corrected chi connectivity index (χ3v) is 4.15. The van der Waals surface area contributed by atoms with Crippen LogP contribution in [0.5, 0.6) is 5.75 Å². The number of methoxy groups -OCH3 is 1. The zero-order chi connectivity index (χ0) is 18.9. The largest absolute Gasteiger partial charge is 0.497 e. The van der Waals surface area contributed by atoms with Crippen LogP contribution in [0.25, 0.3) is 0 Å². The average molecular weight is 362 g/mol. The molecule has 1 aliphatic heterocycles. The number of carbonyl (C=O) groups is 2. The number of amides is 2. The fourth-order valence-electron chi connectivity index (χ4n) is 2.62. The predicted molar refractivity (Wildman–Crippen MR) is 96.6 cm³/mol. The smallest absolute Gasteiger partial charge is 0.223 e. The van der Waals surface area contributed by atoms with E-state index in [9.17, 15) is 14.7 Å². The van der Waals surface area contributed by atoms with Gasteiger partial charge in [0.2, 0.25) is 11.8 Å². The molecule has 0 radical (unpaired) electrons. The van der Waals surface area contributed by atoms with Crippen LogP contribution in [0.1, 0.15) is 25.3 Å². The van der Waals surface area contributed by atoms with Crippen LogP contribution in [-0.2, 0) is 20.9 Å². The van der Waals surface area contributed by atoms with Crippen molar-refractivity contribution in [3.63, 3.8) is 0 Å². The van der Waals surface area contributed by atoms with Crippen molar-refractivity contribution in [2.24, 2.45) is 0 Å². The minimum absolute atomic E-state index is 0.114. The highest BCUT2D eigenvalue weighted by Crippen LogP contribution is 2.16. The number of rotatable bonds is 8. The van der Waals surface area contributed by atoms with Crippen LogP contribution in [0.4, 0.5) is 0 Å². The molecule has 0 saturated carbocycles. The molecule has 1 aliphatic rings. The first-order valence-electron chi connectivity index (χ1n) is 8.69. The molecule has 0 unspecified atom stereocenters. The lowest BCUT2D eigenvalue weighted by Gasteiger charge is -2.31. The van der Waals surface area contributed by atoms with Crippen molar-refractivity contribution < 1.29 is 24.2 Å². The molecule has 1 heterocycles. The third-order valence-electron chi connectivity index (χ3n) is 4.15. The van der Waals surface area contributed by atoms with Gasteiger partial charge < -0.3 is 25.2 Å². The van der Waals surface area contributed by atoms with Gasteiger partial charge in [0.1, 0.15) is 11.9 Å². The van der Waals surface area contributed by atoms with Gasteiger partial charge >= 0.3 is 0 Å². The second-order valence-corrected chi connectivity index (χ2v) is 6.06. The van der Waals surface area contributed by atoms with Gasteiger partial charge in [-0.15, -0.1) is 0 Å². The molecule has 2 amide bonds. The van der Waals surface area contributed by atoms with Crippen molar-refractivity contribution in [1.29, 1.82) is 0 Å². The first kappa shape index (κ1) is 19.9. The number of hydrogen-bond acceptors (Lipinski definition) is 5. The van der Waals surface area contributed by atoms with Gasteiger partial charge in [-0.25, -0.2) is 0 Å². The summed E-state index contributed by atoms with van der Waals surface area (Å²) in [6.45, 7) is 1.94. The lowest BCUT2D eigenvalue weighted by Crippen LogP contribution is -2.48. The van der Waals surface area contributed by atoms with Crippen LogP contribution in [0.3, 0.4) is 0 Å². The van der Waals surface area contributed by atoms with Crippen molar-refractivity contribution in [2.75, 3.05) is 13.7 Å². The van der Waals surface area contributed by atoms with Gasteiger partial charge in [-0.1, -0.05) is 31.2 Å². The monoisotopic (exact) mass is 362 g/mol. The molecule has 26 heavy (non-hydrogen) atoms. The summed E-state index contributed by atoms with van der Waals surface area (Å²) in [7, 11) is 1.60. The number of nitrogens with one attached hydrogen (secondary N) is 2. The molecule has 0 bridgehead atoms. The van der Waals surface area contributed by atoms with Crippen molar-refractivity contribution >= 4 is 11.8 Å². The summed E-state index contributed by atoms with van der Waals surface area (Å²) in [6, 6.07) is 7.07. The first-order valence-corrected chi connectivity index (χ1v) is 8.69. The molecule has 1 aromatic carbocycles. The number of hydrogen-bond donors (Lipinski definition) is 3. The zero-order valence-corrected chi connectivity index (χ0v) is 15.1. The Kier molecular flexibility index (Phi) is 7.62. The fraction of sp³-hybridized carbons (Fsp3) is 0.474. The van der Waals surface area contributed by atoms with Gasteiger partial charge in [-0.2, -0.15) is 0 Å². The van der Waals surface area contributed by atoms with Gasteiger partial charge in [0, 0.05) is 13.0 Å². The van der Waals surface area contributed by atoms with E-state index in [1.165, 1.54) is 0 Å². The molecule has 0 saturated heterocycles. The highest BCUT2D eigenvalue weighted by molar-refractivity contribution is 5.77. The van der Waals surface area contributed by atoms with Crippen molar-refractivity contribution in [1.82, 2.24) is 10.6 Å². The van der Waals surface area contributed by atoms with E-state index in [1.807, 2.05) is 24.3 Å². The van der Waals surface area contributed by atoms with Crippen molar-refractivity contribution in [3.8, 4) is 5.75 Å². The van der Waals surface area contributed by atoms with E-state index < -0.39 is 12.2 Å². The molecule has 0 aromatic heterocycles. The minimum atomic E-state index is -0.560. The molecular formula is C19H26N2O5. The summed E-state index contributed by atoms with van der Waals surface area (Å²) in [4.78, 5) is 23.6. The lowest BCUT2D eigenvalue weighted by atomic mass is 10.0. The number of ether oxygens (including phenoxy) is 2. The SMILES string of the molecule is CCC(=O)N[C@H]1C=C[C@@H](CC(=O)NCc2ccc(OC)cc2)O[C@H]1CO. The van der Waals surface area contributed by atoms with E-state index in [0.29, 0.717) is 13.0 Å². The van der Waals surface area contributed by atoms with Crippen LogP contribution in [0.15, 0.2) is 36.4 Å². The molecule has 7 heteroatoms. The minimum Gasteiger partial charge on any atom is -0.497 e. The number of aliphatic hydroxyl groups excluding tert-OH is 1. The van der Waals surface area contributed by atoms with E-state index in [-0.39, 0.29) is 30.9 Å². The van der Waals surface area contributed by atoms with E-state index in [1.54, 1.807) is 26.2 Å².